The fourth-order valence-electron chi connectivity index (χ4n) is 5.77. The van der Waals surface area contributed by atoms with Gasteiger partial charge in [-0.3, -0.25) is 4.68 Å². The molecule has 9 nitrogen and oxygen atoms in total. The zero-order valence-electron chi connectivity index (χ0n) is 29.5. The van der Waals surface area contributed by atoms with E-state index in [1.54, 1.807) is 21.5 Å². The Kier molecular flexibility index (Phi) is 14.5. The van der Waals surface area contributed by atoms with Crippen LogP contribution < -0.4 is 5.32 Å². The molecule has 0 aliphatic heterocycles. The fraction of sp³-hybridized carbons (Fsp3) is 0.541. The number of tetrazole rings is 1. The van der Waals surface area contributed by atoms with Gasteiger partial charge in [0.1, 0.15) is 0 Å². The second kappa shape index (κ2) is 18.5. The number of carboxylic acid groups (broad SMARTS) is 1. The van der Waals surface area contributed by atoms with E-state index in [-0.39, 0.29) is 23.4 Å². The molecule has 1 saturated carbocycles. The molecular formula is C37H50F3N7O2S. The minimum atomic E-state index is -4.36. The second-order valence-corrected chi connectivity index (χ2v) is 14.0. The van der Waals surface area contributed by atoms with Crippen molar-refractivity contribution in [2.75, 3.05) is 6.54 Å². The number of nitrogens with one attached hydrogen (secondary N) is 1. The monoisotopic (exact) mass is 713 g/mol. The molecule has 0 saturated heterocycles. The molecule has 2 heterocycles. The molecule has 4 aromatic rings. The summed E-state index contributed by atoms with van der Waals surface area (Å²) in [5.41, 5.74) is 2.48. The normalized spacial score (nSPS) is 13.7. The average molecular weight is 714 g/mol. The molecule has 1 unspecified atom stereocenters. The van der Waals surface area contributed by atoms with Gasteiger partial charge in [0.25, 0.3) is 0 Å². The van der Waals surface area contributed by atoms with Crippen molar-refractivity contribution in [1.82, 2.24) is 35.3 Å². The number of alkyl halides is 3. The molecule has 1 atom stereocenters. The number of nitrogens with zero attached hydrogens (tertiary/aromatic N) is 6. The van der Waals surface area contributed by atoms with Gasteiger partial charge in [0.15, 0.2) is 11.5 Å². The Morgan fingerprint density at radius 2 is 1.62 bits per heavy atom. The lowest BCUT2D eigenvalue weighted by Crippen LogP contribution is -2.32. The number of thiol groups is 1. The van der Waals surface area contributed by atoms with Gasteiger partial charge in [0.2, 0.25) is 0 Å². The van der Waals surface area contributed by atoms with Crippen LogP contribution in [0.3, 0.4) is 0 Å². The van der Waals surface area contributed by atoms with Crippen LogP contribution in [0, 0.1) is 0 Å². The number of benzene rings is 2. The summed E-state index contributed by atoms with van der Waals surface area (Å²) in [6.07, 6.45) is 7.83. The minimum Gasteiger partial charge on any atom is -0.478 e. The molecule has 272 valence electrons. The number of carbonyl (C=O) groups is 1. The van der Waals surface area contributed by atoms with Crippen LogP contribution in [-0.2, 0) is 12.7 Å². The first kappa shape index (κ1) is 39.1. The number of carboxylic acids is 1. The zero-order valence-corrected chi connectivity index (χ0v) is 30.4. The van der Waals surface area contributed by atoms with Gasteiger partial charge in [-0.15, -0.1) is 17.7 Å². The van der Waals surface area contributed by atoms with Gasteiger partial charge in [-0.25, -0.2) is 4.79 Å². The van der Waals surface area contributed by atoms with Crippen LogP contribution in [0.4, 0.5) is 13.2 Å². The topological polar surface area (TPSA) is 111 Å². The highest BCUT2D eigenvalue weighted by Gasteiger charge is 2.38. The number of hydrogen-bond donors (Lipinski definition) is 3. The number of aromatic nitrogens is 6. The Balaban J connectivity index is 0.000000225. The van der Waals surface area contributed by atoms with E-state index < -0.39 is 17.8 Å². The van der Waals surface area contributed by atoms with E-state index >= 15 is 0 Å². The molecule has 0 amide bonds. The number of unbranched alkanes of at least 4 members (excludes halogenated alkanes) is 7. The summed E-state index contributed by atoms with van der Waals surface area (Å²) in [7, 11) is 0. The Morgan fingerprint density at radius 3 is 2.22 bits per heavy atom. The van der Waals surface area contributed by atoms with Gasteiger partial charge in [-0.05, 0) is 90.7 Å². The molecule has 1 fully saturated rings. The van der Waals surface area contributed by atoms with Crippen molar-refractivity contribution in [2.45, 2.75) is 127 Å². The number of rotatable bonds is 17. The van der Waals surface area contributed by atoms with Gasteiger partial charge in [0.05, 0.1) is 17.8 Å². The first-order chi connectivity index (χ1) is 23.9. The highest BCUT2D eigenvalue weighted by Crippen LogP contribution is 2.42. The lowest BCUT2D eigenvalue weighted by molar-refractivity contribution is -0.141. The number of hydrogen-bond acceptors (Lipinski definition) is 7. The summed E-state index contributed by atoms with van der Waals surface area (Å²) >= 11 is 4.28. The quantitative estimate of drug-likeness (QED) is 0.0739. The van der Waals surface area contributed by atoms with Gasteiger partial charge in [0, 0.05) is 28.5 Å². The smallest absolute Gasteiger partial charge is 0.435 e. The maximum absolute atomic E-state index is 12.9. The van der Waals surface area contributed by atoms with Crippen LogP contribution >= 0.6 is 12.6 Å². The standard InChI is InChI=1S/C20H34F3N3.C17H16N4O2S/c1-3-4-5-6-7-8-9-10-13-24-16(2)15-26-18(17-11-12-17)14-19(25-26)20(21,22)23;1-10(2)16-18-19-20-21(16)14-8-12(7-13(9-14)17(22)23)11-3-5-15(24)6-4-11/h14,16-17,24H,3-13,15H2,1-2H3;3-10,24H,1-2H3,(H,22,23). The van der Waals surface area contributed by atoms with E-state index in [9.17, 15) is 23.1 Å². The van der Waals surface area contributed by atoms with Crippen molar-refractivity contribution in [3.8, 4) is 16.8 Å². The van der Waals surface area contributed by atoms with Gasteiger partial charge in [-0.1, -0.05) is 77.8 Å². The van der Waals surface area contributed by atoms with Crippen molar-refractivity contribution in [3.05, 3.63) is 71.3 Å². The molecule has 5 rings (SSSR count). The summed E-state index contributed by atoms with van der Waals surface area (Å²) in [6.45, 7) is 9.64. The summed E-state index contributed by atoms with van der Waals surface area (Å²) < 4.78 is 41.9. The predicted molar refractivity (Wildman–Crippen MR) is 192 cm³/mol. The molecule has 0 bridgehead atoms. The number of aromatic carboxylic acids is 1. The van der Waals surface area contributed by atoms with Crippen molar-refractivity contribution >= 4 is 18.6 Å². The van der Waals surface area contributed by atoms with E-state index in [1.807, 2.05) is 51.1 Å². The first-order valence-electron chi connectivity index (χ1n) is 17.7. The van der Waals surface area contributed by atoms with Gasteiger partial charge in [-0.2, -0.15) is 23.0 Å². The Labute approximate surface area is 298 Å². The van der Waals surface area contributed by atoms with Crippen molar-refractivity contribution in [2.24, 2.45) is 0 Å². The molecule has 13 heteroatoms. The molecule has 2 aromatic carbocycles. The van der Waals surface area contributed by atoms with Crippen LogP contribution in [0.5, 0.6) is 0 Å². The molecule has 0 spiro atoms. The number of halogens is 3. The highest BCUT2D eigenvalue weighted by molar-refractivity contribution is 7.80. The first-order valence-corrected chi connectivity index (χ1v) is 18.2. The Hall–Kier alpha value is -3.71. The van der Waals surface area contributed by atoms with Gasteiger partial charge < -0.3 is 10.4 Å². The fourth-order valence-corrected chi connectivity index (χ4v) is 5.92. The van der Waals surface area contributed by atoms with E-state index in [4.69, 9.17) is 0 Å². The van der Waals surface area contributed by atoms with Crippen molar-refractivity contribution in [1.29, 1.82) is 0 Å². The molecule has 0 radical (unpaired) electrons. The molecule has 1 aliphatic carbocycles. The lowest BCUT2D eigenvalue weighted by atomic mass is 10.0. The maximum atomic E-state index is 12.9. The lowest BCUT2D eigenvalue weighted by Gasteiger charge is -2.16. The summed E-state index contributed by atoms with van der Waals surface area (Å²) in [4.78, 5) is 12.3. The maximum Gasteiger partial charge on any atom is 0.435 e. The third-order valence-corrected chi connectivity index (χ3v) is 8.99. The van der Waals surface area contributed by atoms with Crippen molar-refractivity contribution < 1.29 is 23.1 Å². The molecular weight excluding hydrogens is 664 g/mol. The van der Waals surface area contributed by atoms with Gasteiger partial charge >= 0.3 is 12.1 Å². The largest absolute Gasteiger partial charge is 0.478 e. The zero-order chi connectivity index (χ0) is 36.3. The summed E-state index contributed by atoms with van der Waals surface area (Å²) in [5.74, 6) is 0.0520. The third-order valence-electron chi connectivity index (χ3n) is 8.69. The SMILES string of the molecule is CC(C)c1nnnn1-c1cc(C(=O)O)cc(-c2ccc(S)cc2)c1.CCCCCCCCCCNC(C)Cn1nc(C(F)(F)F)cc1C1CC1. The van der Waals surface area contributed by atoms with Crippen LogP contribution in [-0.4, -0.2) is 53.7 Å². The molecule has 2 aromatic heterocycles. The Bertz CT molecular complexity index is 1650. The molecule has 2 N–H and O–H groups in total. The highest BCUT2D eigenvalue weighted by atomic mass is 32.1. The van der Waals surface area contributed by atoms with Crippen molar-refractivity contribution in [3.63, 3.8) is 0 Å². The predicted octanol–water partition coefficient (Wildman–Crippen LogP) is 9.34. The van der Waals surface area contributed by atoms with E-state index in [0.717, 1.165) is 47.5 Å². The minimum absolute atomic E-state index is 0.111. The third kappa shape index (κ3) is 11.7. The van der Waals surface area contributed by atoms with E-state index in [2.05, 4.69) is 45.5 Å². The van der Waals surface area contributed by atoms with Crippen LogP contribution in [0.1, 0.15) is 131 Å². The van der Waals surface area contributed by atoms with Crippen LogP contribution in [0.2, 0.25) is 0 Å². The van der Waals surface area contributed by atoms with E-state index in [0.29, 0.717) is 18.1 Å². The molecule has 50 heavy (non-hydrogen) atoms. The van der Waals surface area contributed by atoms with E-state index in [1.165, 1.54) is 51.0 Å². The average Bonchev–Trinajstić information content (AvgIpc) is 3.62. The second-order valence-electron chi connectivity index (χ2n) is 13.5. The Morgan fingerprint density at radius 1 is 0.960 bits per heavy atom. The van der Waals surface area contributed by atoms with Crippen LogP contribution in [0.25, 0.3) is 16.8 Å². The van der Waals surface area contributed by atoms with Crippen LogP contribution in [0.15, 0.2) is 53.4 Å². The summed E-state index contributed by atoms with van der Waals surface area (Å²) in [5, 5.41) is 28.4. The molecule has 1 aliphatic rings. The summed E-state index contributed by atoms with van der Waals surface area (Å²) in [6, 6.07) is 14.0.